The molecule has 1 unspecified atom stereocenters. The molecule has 0 aliphatic carbocycles. The maximum absolute atomic E-state index is 11.7. The van der Waals surface area contributed by atoms with Crippen molar-refractivity contribution in [2.24, 2.45) is 0 Å². The number of carboxylic acids is 5. The molecule has 0 saturated heterocycles. The van der Waals surface area contributed by atoms with E-state index < -0.39 is 103 Å². The zero-order valence-electron chi connectivity index (χ0n) is 21.9. The van der Waals surface area contributed by atoms with E-state index in [9.17, 15) is 62.5 Å². The van der Waals surface area contributed by atoms with Gasteiger partial charge in [-0.2, -0.15) is 0 Å². The van der Waals surface area contributed by atoms with Crippen LogP contribution in [0.15, 0.2) is 23.1 Å². The smallest absolute Gasteiger partial charge is 0.744 e. The van der Waals surface area contributed by atoms with Crippen LogP contribution in [0.4, 0.5) is 0 Å². The van der Waals surface area contributed by atoms with E-state index in [0.29, 0.717) is 0 Å². The fourth-order valence-electron chi connectivity index (χ4n) is 3.61. The summed E-state index contributed by atoms with van der Waals surface area (Å²) in [6.45, 7) is -6.73. The van der Waals surface area contributed by atoms with E-state index >= 15 is 0 Å². The number of hydrogen-bond donors (Lipinski definition) is 0. The van der Waals surface area contributed by atoms with Crippen LogP contribution in [0.5, 0.6) is 11.5 Å². The maximum atomic E-state index is 11.7. The van der Waals surface area contributed by atoms with E-state index in [2.05, 4.69) is 0 Å². The number of methoxy groups -OCH3 is 1. The molecule has 0 heterocycles. The van der Waals surface area contributed by atoms with E-state index in [1.807, 2.05) is 0 Å². The number of nitrogens with zero attached hydrogens (tertiary/aromatic N) is 3. The monoisotopic (exact) mass is 761 g/mol. The van der Waals surface area contributed by atoms with Crippen LogP contribution >= 0.6 is 0 Å². The molecule has 235 valence electrons. The minimum atomic E-state index is -5.13. The Kier molecular flexibility index (Phi) is 17.5. The normalized spacial score (nSPS) is 12.0. The fourth-order valence-corrected chi connectivity index (χ4v) is 4.25. The molecule has 0 bridgehead atoms. The Bertz CT molecular complexity index is 1180. The third kappa shape index (κ3) is 15.5. The Balaban J connectivity index is 0.0000168. The first kappa shape index (κ1) is 39.3. The molecule has 1 aromatic carbocycles. The van der Waals surface area contributed by atoms with Gasteiger partial charge < -0.3 is 63.5 Å². The van der Waals surface area contributed by atoms with Crippen molar-refractivity contribution in [2.45, 2.75) is 10.9 Å². The average Bonchev–Trinajstić information content (AvgIpc) is 2.82. The first-order valence-electron chi connectivity index (χ1n) is 11.5. The summed E-state index contributed by atoms with van der Waals surface area (Å²) < 4.78 is 45.5. The van der Waals surface area contributed by atoms with Crippen molar-refractivity contribution in [3.63, 3.8) is 0 Å². The first-order valence-corrected chi connectivity index (χ1v) is 12.9. The molecule has 0 spiro atoms. The summed E-state index contributed by atoms with van der Waals surface area (Å²) in [6, 6.07) is 1.74. The fraction of sp³-hybridized carbons (Fsp3) is 0.500. The van der Waals surface area contributed by atoms with E-state index in [0.717, 1.165) is 26.8 Å². The van der Waals surface area contributed by atoms with Crippen molar-refractivity contribution in [3.05, 3.63) is 18.2 Å². The summed E-state index contributed by atoms with van der Waals surface area (Å²) in [5, 5.41) is 55.9. The standard InChI is InChI=1S/C22H31N3O15S.Gd/c1-39-15-2-3-16(17(6-15)41(36,37)38)40-13-14(25(11-21(32)33)12-22(34)35)7-23(8-18(26)27)4-5-24(9-19(28)29)10-20(30)31;/h2-3,6,14H,4-5,7-13H2,1H3,(H,26,27)(H,28,29)(H,30,31)(H,32,33)(H,34,35)(H,36,37,38);/q;+3/p-6. The van der Waals surface area contributed by atoms with Crippen LogP contribution in [0.2, 0.25) is 0 Å². The third-order valence-electron chi connectivity index (χ3n) is 5.29. The summed E-state index contributed by atoms with van der Waals surface area (Å²) in [7, 11) is -3.94. The topological polar surface area (TPSA) is 286 Å². The van der Waals surface area contributed by atoms with Gasteiger partial charge in [0.2, 0.25) is 0 Å². The van der Waals surface area contributed by atoms with E-state index in [4.69, 9.17) is 9.47 Å². The second kappa shape index (κ2) is 18.7. The molecular formula is C22H25GdN3O15S-3. The molecule has 0 amide bonds. The van der Waals surface area contributed by atoms with Gasteiger partial charge in [0.15, 0.2) is 0 Å². The van der Waals surface area contributed by atoms with Crippen molar-refractivity contribution in [1.82, 2.24) is 14.7 Å². The number of carboxylic acid groups (broad SMARTS) is 5. The predicted molar refractivity (Wildman–Crippen MR) is 120 cm³/mol. The molecule has 0 aliphatic rings. The third-order valence-corrected chi connectivity index (χ3v) is 6.15. The summed E-state index contributed by atoms with van der Waals surface area (Å²) in [4.78, 5) is 57.6. The van der Waals surface area contributed by atoms with Crippen molar-refractivity contribution in [1.29, 1.82) is 0 Å². The molecule has 0 aromatic heterocycles. The van der Waals surface area contributed by atoms with Gasteiger partial charge in [-0.05, 0) is 12.1 Å². The van der Waals surface area contributed by atoms with Gasteiger partial charge >= 0.3 is 39.9 Å². The van der Waals surface area contributed by atoms with Gasteiger partial charge in [0.25, 0.3) is 0 Å². The average molecular weight is 761 g/mol. The second-order valence-electron chi connectivity index (χ2n) is 8.44. The molecule has 0 fully saturated rings. The molecule has 0 aliphatic heterocycles. The zero-order valence-corrected chi connectivity index (χ0v) is 25.0. The molecule has 42 heavy (non-hydrogen) atoms. The molecule has 1 radical (unpaired) electrons. The predicted octanol–water partition coefficient (Wildman–Crippen LogP) is -9.00. The van der Waals surface area contributed by atoms with Gasteiger partial charge in [-0.1, -0.05) is 0 Å². The van der Waals surface area contributed by atoms with Crippen molar-refractivity contribution in [3.8, 4) is 11.5 Å². The van der Waals surface area contributed by atoms with Gasteiger partial charge in [-0.25, -0.2) is 8.42 Å². The van der Waals surface area contributed by atoms with Crippen LogP contribution in [-0.4, -0.2) is 130 Å². The molecule has 1 aromatic rings. The maximum Gasteiger partial charge on any atom is 3.00 e. The van der Waals surface area contributed by atoms with Crippen molar-refractivity contribution >= 4 is 40.0 Å². The van der Waals surface area contributed by atoms with Crippen molar-refractivity contribution < 1.29 is 112 Å². The summed E-state index contributed by atoms with van der Waals surface area (Å²) in [6.07, 6.45) is 0. The Morgan fingerprint density at radius 1 is 0.786 bits per heavy atom. The molecule has 0 saturated carbocycles. The molecule has 20 heteroatoms. The van der Waals surface area contributed by atoms with Gasteiger partial charge in [-0.3, -0.25) is 14.7 Å². The summed E-state index contributed by atoms with van der Waals surface area (Å²) in [5.74, 6) is -9.04. The number of carbonyl (C=O) groups excluding carboxylic acids is 5. The molecule has 1 atom stereocenters. The number of rotatable bonds is 21. The van der Waals surface area contributed by atoms with Crippen LogP contribution < -0.4 is 35.0 Å². The Morgan fingerprint density at radius 3 is 1.67 bits per heavy atom. The summed E-state index contributed by atoms with van der Waals surface area (Å²) >= 11 is 0. The summed E-state index contributed by atoms with van der Waals surface area (Å²) in [5.41, 5.74) is 0. The second-order valence-corrected chi connectivity index (χ2v) is 9.79. The number of benzene rings is 1. The minimum Gasteiger partial charge on any atom is -0.744 e. The quantitative estimate of drug-likeness (QED) is 0.105. The molecule has 0 N–H and O–H groups in total. The van der Waals surface area contributed by atoms with Gasteiger partial charge in [0, 0.05) is 58.4 Å². The zero-order chi connectivity index (χ0) is 31.3. The number of aliphatic carboxylic acids is 5. The van der Waals surface area contributed by atoms with E-state index in [-0.39, 0.29) is 58.8 Å². The SMILES string of the molecule is COc1ccc(OCC(CN(CCN(CC(=O)[O-])CC(=O)[O-])CC(=O)[O-])N(CC(=O)[O-])CC(=O)[O-])c(S(=O)(=O)[O-])c1.[Gd+3]. The van der Waals surface area contributed by atoms with E-state index in [1.165, 1.54) is 13.2 Å². The molecule has 18 nitrogen and oxygen atoms in total. The van der Waals surface area contributed by atoms with Gasteiger partial charge in [0.1, 0.15) is 28.2 Å². The first-order chi connectivity index (χ1) is 19.0. The van der Waals surface area contributed by atoms with Gasteiger partial charge in [0.05, 0.1) is 47.9 Å². The minimum absolute atomic E-state index is 0. The largest absolute Gasteiger partial charge is 3.00 e. The van der Waals surface area contributed by atoms with Crippen LogP contribution in [0.3, 0.4) is 0 Å². The van der Waals surface area contributed by atoms with Gasteiger partial charge in [-0.15, -0.1) is 0 Å². The van der Waals surface area contributed by atoms with Crippen LogP contribution in [0.25, 0.3) is 0 Å². The van der Waals surface area contributed by atoms with E-state index in [1.54, 1.807) is 0 Å². The number of hydrogen-bond acceptors (Lipinski definition) is 18. The van der Waals surface area contributed by atoms with Crippen LogP contribution in [0.1, 0.15) is 0 Å². The van der Waals surface area contributed by atoms with Crippen molar-refractivity contribution in [2.75, 3.05) is 66.1 Å². The molecule has 1 rings (SSSR count). The number of ether oxygens (including phenoxy) is 2. The Morgan fingerprint density at radius 2 is 1.24 bits per heavy atom. The number of carbonyl (C=O) groups is 5. The molecular weight excluding hydrogens is 736 g/mol. The Labute approximate surface area is 271 Å². The Hall–Kier alpha value is -2.72. The van der Waals surface area contributed by atoms with Crippen LogP contribution in [0, 0.1) is 39.9 Å². The van der Waals surface area contributed by atoms with Crippen LogP contribution in [-0.2, 0) is 34.1 Å².